The van der Waals surface area contributed by atoms with Crippen molar-refractivity contribution in [2.24, 2.45) is 5.73 Å². The molecular weight excluding hydrogens is 264 g/mol. The highest BCUT2D eigenvalue weighted by atomic mass is 16.2. The van der Waals surface area contributed by atoms with Gasteiger partial charge in [0, 0.05) is 30.7 Å². The molecule has 0 aromatic carbocycles. The molecule has 0 radical (unpaired) electrons. The van der Waals surface area contributed by atoms with Gasteiger partial charge in [0.2, 0.25) is 0 Å². The van der Waals surface area contributed by atoms with Crippen LogP contribution < -0.4 is 5.73 Å². The number of rotatable bonds is 2. The van der Waals surface area contributed by atoms with Gasteiger partial charge in [0.25, 0.3) is 5.91 Å². The minimum Gasteiger partial charge on any atom is -0.337 e. The zero-order chi connectivity index (χ0) is 15.2. The molecular formula is C16H26N4O. The molecule has 1 aromatic rings. The van der Waals surface area contributed by atoms with Gasteiger partial charge in [-0.3, -0.25) is 9.48 Å². The molecule has 0 bridgehead atoms. The van der Waals surface area contributed by atoms with E-state index in [9.17, 15) is 4.79 Å². The van der Waals surface area contributed by atoms with E-state index in [1.807, 2.05) is 15.6 Å². The van der Waals surface area contributed by atoms with Crippen LogP contribution in [0.25, 0.3) is 0 Å². The van der Waals surface area contributed by atoms with Gasteiger partial charge in [-0.15, -0.1) is 0 Å². The van der Waals surface area contributed by atoms with Crippen LogP contribution in [0.5, 0.6) is 0 Å². The summed E-state index contributed by atoms with van der Waals surface area (Å²) in [4.78, 5) is 14.5. The summed E-state index contributed by atoms with van der Waals surface area (Å²) in [5.41, 5.74) is 7.65. The third-order valence-corrected chi connectivity index (χ3v) is 4.41. The van der Waals surface area contributed by atoms with E-state index in [-0.39, 0.29) is 17.5 Å². The summed E-state index contributed by atoms with van der Waals surface area (Å²) in [6.45, 7) is 7.92. The lowest BCUT2D eigenvalue weighted by Crippen LogP contribution is -2.43. The molecule has 0 spiro atoms. The summed E-state index contributed by atoms with van der Waals surface area (Å²) >= 11 is 0. The Morgan fingerprint density at radius 3 is 2.38 bits per heavy atom. The molecule has 5 heteroatoms. The average Bonchev–Trinajstić information content (AvgIpc) is 3.16. The highest BCUT2D eigenvalue weighted by Crippen LogP contribution is 2.41. The predicted molar refractivity (Wildman–Crippen MR) is 82.3 cm³/mol. The molecule has 2 heterocycles. The third kappa shape index (κ3) is 2.98. The Labute approximate surface area is 126 Å². The summed E-state index contributed by atoms with van der Waals surface area (Å²) in [6, 6.07) is 2.25. The molecule has 1 aliphatic heterocycles. The summed E-state index contributed by atoms with van der Waals surface area (Å²) in [5, 5.41) is 4.63. The molecule has 1 saturated heterocycles. The third-order valence-electron chi connectivity index (χ3n) is 4.41. The first kappa shape index (κ1) is 14.6. The Kier molecular flexibility index (Phi) is 3.56. The van der Waals surface area contributed by atoms with E-state index in [1.165, 1.54) is 18.5 Å². The van der Waals surface area contributed by atoms with Crippen LogP contribution in [0.15, 0.2) is 6.07 Å². The largest absolute Gasteiger partial charge is 0.337 e. The number of amides is 1. The lowest BCUT2D eigenvalue weighted by molar-refractivity contribution is 0.0707. The van der Waals surface area contributed by atoms with Gasteiger partial charge in [0.15, 0.2) is 5.69 Å². The highest BCUT2D eigenvalue weighted by Gasteiger charge is 2.33. The molecule has 116 valence electrons. The van der Waals surface area contributed by atoms with E-state index in [4.69, 9.17) is 5.73 Å². The number of nitrogens with zero attached hydrogens (tertiary/aromatic N) is 3. The van der Waals surface area contributed by atoms with Crippen LogP contribution in [0.1, 0.15) is 68.6 Å². The minimum atomic E-state index is -0.0826. The van der Waals surface area contributed by atoms with Gasteiger partial charge < -0.3 is 10.6 Å². The first-order valence-electron chi connectivity index (χ1n) is 8.01. The van der Waals surface area contributed by atoms with Crippen LogP contribution in [-0.2, 0) is 5.54 Å². The number of piperidine rings is 1. The molecule has 1 amide bonds. The van der Waals surface area contributed by atoms with Crippen molar-refractivity contribution < 1.29 is 4.79 Å². The SMILES string of the molecule is CC(C)(C)n1nc(C(=O)N2CCC(N)CC2)cc1C1CC1. The molecule has 2 fully saturated rings. The maximum Gasteiger partial charge on any atom is 0.274 e. The van der Waals surface area contributed by atoms with Crippen molar-refractivity contribution in [3.8, 4) is 0 Å². The lowest BCUT2D eigenvalue weighted by Gasteiger charge is -2.29. The zero-order valence-corrected chi connectivity index (χ0v) is 13.3. The van der Waals surface area contributed by atoms with E-state index in [0.717, 1.165) is 25.9 Å². The number of aromatic nitrogens is 2. The van der Waals surface area contributed by atoms with Gasteiger partial charge in [0.1, 0.15) is 0 Å². The monoisotopic (exact) mass is 290 g/mol. The average molecular weight is 290 g/mol. The van der Waals surface area contributed by atoms with Crippen LogP contribution in [0.2, 0.25) is 0 Å². The Bertz CT molecular complexity index is 531. The second kappa shape index (κ2) is 5.13. The summed E-state index contributed by atoms with van der Waals surface area (Å²) in [7, 11) is 0. The second-order valence-corrected chi connectivity index (χ2v) is 7.44. The minimum absolute atomic E-state index is 0.0619. The van der Waals surface area contributed by atoms with Crippen molar-refractivity contribution >= 4 is 5.91 Å². The van der Waals surface area contributed by atoms with Crippen LogP contribution in [0.4, 0.5) is 0 Å². The lowest BCUT2D eigenvalue weighted by atomic mass is 10.1. The molecule has 1 saturated carbocycles. The number of carbonyl (C=O) groups is 1. The van der Waals surface area contributed by atoms with Crippen LogP contribution in [-0.4, -0.2) is 39.7 Å². The van der Waals surface area contributed by atoms with Crippen LogP contribution in [0.3, 0.4) is 0 Å². The van der Waals surface area contributed by atoms with E-state index in [2.05, 4.69) is 25.9 Å². The number of nitrogens with two attached hydrogens (primary N) is 1. The molecule has 2 N–H and O–H groups in total. The van der Waals surface area contributed by atoms with Crippen molar-refractivity contribution in [1.29, 1.82) is 0 Å². The highest BCUT2D eigenvalue weighted by molar-refractivity contribution is 5.92. The van der Waals surface area contributed by atoms with Crippen molar-refractivity contribution in [3.63, 3.8) is 0 Å². The van der Waals surface area contributed by atoms with Crippen LogP contribution >= 0.6 is 0 Å². The summed E-state index contributed by atoms with van der Waals surface area (Å²) in [6.07, 6.45) is 4.21. The topological polar surface area (TPSA) is 64.2 Å². The number of carbonyl (C=O) groups excluding carboxylic acids is 1. The van der Waals surface area contributed by atoms with Crippen molar-refractivity contribution in [1.82, 2.24) is 14.7 Å². The Hall–Kier alpha value is -1.36. The number of hydrogen-bond donors (Lipinski definition) is 1. The maximum absolute atomic E-state index is 12.7. The zero-order valence-electron chi connectivity index (χ0n) is 13.3. The van der Waals surface area contributed by atoms with Crippen LogP contribution in [0, 0.1) is 0 Å². The standard InChI is InChI=1S/C16H26N4O/c1-16(2,3)20-14(11-4-5-11)10-13(18-20)15(21)19-8-6-12(17)7-9-19/h10-12H,4-9,17H2,1-3H3. The quantitative estimate of drug-likeness (QED) is 0.907. The molecule has 2 aliphatic rings. The van der Waals surface area contributed by atoms with E-state index in [0.29, 0.717) is 11.6 Å². The smallest absolute Gasteiger partial charge is 0.274 e. The van der Waals surface area contributed by atoms with Gasteiger partial charge in [-0.2, -0.15) is 5.10 Å². The predicted octanol–water partition coefficient (Wildman–Crippen LogP) is 2.08. The van der Waals surface area contributed by atoms with Gasteiger partial charge in [-0.25, -0.2) is 0 Å². The fraction of sp³-hybridized carbons (Fsp3) is 0.750. The first-order valence-corrected chi connectivity index (χ1v) is 8.01. The normalized spacial score (nSPS) is 20.9. The Morgan fingerprint density at radius 2 is 1.86 bits per heavy atom. The van der Waals surface area contributed by atoms with Gasteiger partial charge in [-0.1, -0.05) is 0 Å². The fourth-order valence-electron chi connectivity index (χ4n) is 2.97. The molecule has 1 aliphatic carbocycles. The first-order chi connectivity index (χ1) is 9.86. The second-order valence-electron chi connectivity index (χ2n) is 7.44. The van der Waals surface area contributed by atoms with E-state index >= 15 is 0 Å². The molecule has 0 atom stereocenters. The number of hydrogen-bond acceptors (Lipinski definition) is 3. The fourth-order valence-corrected chi connectivity index (χ4v) is 2.97. The molecule has 5 nitrogen and oxygen atoms in total. The van der Waals surface area contributed by atoms with Crippen molar-refractivity contribution in [2.45, 2.75) is 64.0 Å². The van der Waals surface area contributed by atoms with Crippen molar-refractivity contribution in [3.05, 3.63) is 17.5 Å². The number of likely N-dealkylation sites (tertiary alicyclic amines) is 1. The summed E-state index contributed by atoms with van der Waals surface area (Å²) < 4.78 is 2.05. The van der Waals surface area contributed by atoms with Gasteiger partial charge >= 0.3 is 0 Å². The van der Waals surface area contributed by atoms with Gasteiger partial charge in [0.05, 0.1) is 5.54 Å². The summed E-state index contributed by atoms with van der Waals surface area (Å²) in [5.74, 6) is 0.653. The van der Waals surface area contributed by atoms with E-state index < -0.39 is 0 Å². The van der Waals surface area contributed by atoms with Crippen molar-refractivity contribution in [2.75, 3.05) is 13.1 Å². The molecule has 3 rings (SSSR count). The molecule has 21 heavy (non-hydrogen) atoms. The Balaban J connectivity index is 1.83. The Morgan fingerprint density at radius 1 is 1.24 bits per heavy atom. The molecule has 0 unspecified atom stereocenters. The maximum atomic E-state index is 12.7. The van der Waals surface area contributed by atoms with E-state index in [1.54, 1.807) is 0 Å². The van der Waals surface area contributed by atoms with Gasteiger partial charge in [-0.05, 0) is 52.5 Å². The molecule has 1 aromatic heterocycles.